The maximum Gasteiger partial charge on any atom is 0.412 e. The minimum Gasteiger partial charge on any atom is -0.326 e. The SMILES string of the molecule is C=Cc1cc(C(C(=C/CC)/C=C(\C)C(F)(F)F)N(N)C=N/C=C\C)ccc1NC(C)=O. The van der Waals surface area contributed by atoms with Crippen molar-refractivity contribution < 1.29 is 18.0 Å². The number of nitrogens with zero attached hydrogens (tertiary/aromatic N) is 2. The van der Waals surface area contributed by atoms with Crippen LogP contribution in [0.3, 0.4) is 0 Å². The molecule has 0 aliphatic rings. The number of allylic oxidation sites excluding steroid dienone is 3. The Morgan fingerprint density at radius 1 is 1.35 bits per heavy atom. The van der Waals surface area contributed by atoms with E-state index in [1.165, 1.54) is 24.5 Å². The van der Waals surface area contributed by atoms with Crippen LogP contribution in [0.2, 0.25) is 0 Å². The van der Waals surface area contributed by atoms with Gasteiger partial charge in [-0.2, -0.15) is 13.2 Å². The summed E-state index contributed by atoms with van der Waals surface area (Å²) in [6.45, 7) is 9.78. The van der Waals surface area contributed by atoms with Crippen LogP contribution in [0.25, 0.3) is 6.08 Å². The van der Waals surface area contributed by atoms with E-state index in [1.807, 2.05) is 6.92 Å². The molecule has 1 amide bonds. The van der Waals surface area contributed by atoms with E-state index in [2.05, 4.69) is 16.9 Å². The molecule has 1 unspecified atom stereocenters. The summed E-state index contributed by atoms with van der Waals surface area (Å²) in [6, 6.07) is 4.34. The molecule has 0 fully saturated rings. The monoisotopic (exact) mass is 434 g/mol. The summed E-state index contributed by atoms with van der Waals surface area (Å²) >= 11 is 0. The average molecular weight is 435 g/mol. The van der Waals surface area contributed by atoms with Crippen LogP contribution in [0.4, 0.5) is 18.9 Å². The number of amides is 1. The molecule has 1 aromatic rings. The molecule has 0 bridgehead atoms. The van der Waals surface area contributed by atoms with Gasteiger partial charge in [0.05, 0.1) is 6.04 Å². The molecule has 5 nitrogen and oxygen atoms in total. The second-order valence-electron chi connectivity index (χ2n) is 6.77. The zero-order chi connectivity index (χ0) is 23.6. The van der Waals surface area contributed by atoms with E-state index >= 15 is 0 Å². The Balaban J connectivity index is 3.65. The van der Waals surface area contributed by atoms with Crippen LogP contribution in [0, 0.1) is 0 Å². The number of carbonyl (C=O) groups excluding carboxylic acids is 1. The number of rotatable bonds is 9. The lowest BCUT2D eigenvalue weighted by molar-refractivity contribution is -0.114. The van der Waals surface area contributed by atoms with Crippen LogP contribution in [0.1, 0.15) is 51.3 Å². The average Bonchev–Trinajstić information content (AvgIpc) is 2.68. The summed E-state index contributed by atoms with van der Waals surface area (Å²) in [5.41, 5.74) is 1.40. The molecule has 0 heterocycles. The highest BCUT2D eigenvalue weighted by Crippen LogP contribution is 2.34. The fourth-order valence-electron chi connectivity index (χ4n) is 2.85. The van der Waals surface area contributed by atoms with E-state index in [-0.39, 0.29) is 5.91 Å². The van der Waals surface area contributed by atoms with E-state index in [1.54, 1.807) is 43.4 Å². The number of halogens is 3. The molecule has 1 rings (SSSR count). The van der Waals surface area contributed by atoms with Gasteiger partial charge >= 0.3 is 6.18 Å². The van der Waals surface area contributed by atoms with Crippen molar-refractivity contribution in [2.24, 2.45) is 10.8 Å². The van der Waals surface area contributed by atoms with Gasteiger partial charge in [0, 0.05) is 24.4 Å². The van der Waals surface area contributed by atoms with Crippen molar-refractivity contribution >= 4 is 24.0 Å². The zero-order valence-corrected chi connectivity index (χ0v) is 18.2. The van der Waals surface area contributed by atoms with Crippen molar-refractivity contribution in [1.82, 2.24) is 5.01 Å². The second kappa shape index (κ2) is 11.9. The van der Waals surface area contributed by atoms with E-state index in [0.717, 1.165) is 13.0 Å². The normalized spacial score (nSPS) is 14.2. The molecule has 0 aliphatic carbocycles. The van der Waals surface area contributed by atoms with Crippen LogP contribution >= 0.6 is 0 Å². The van der Waals surface area contributed by atoms with Gasteiger partial charge in [-0.05, 0) is 55.2 Å². The van der Waals surface area contributed by atoms with Crippen LogP contribution in [0.5, 0.6) is 0 Å². The Bertz CT molecular complexity index is 899. The second-order valence-corrected chi connectivity index (χ2v) is 6.77. The van der Waals surface area contributed by atoms with E-state index in [0.29, 0.717) is 28.8 Å². The Morgan fingerprint density at radius 3 is 2.55 bits per heavy atom. The molecule has 0 saturated carbocycles. The Labute approximate surface area is 181 Å². The quantitative estimate of drug-likeness (QED) is 0.167. The molecular weight excluding hydrogens is 405 g/mol. The highest BCUT2D eigenvalue weighted by molar-refractivity contribution is 5.91. The van der Waals surface area contributed by atoms with E-state index in [4.69, 9.17) is 5.84 Å². The summed E-state index contributed by atoms with van der Waals surface area (Å²) in [5, 5.41) is 3.95. The standard InChI is InChI=1S/C23H29F3N4O/c1-6-9-19(13-16(4)23(24,25)26)22(30(27)15-28-12-7-2)20-10-11-21(29-17(5)31)18(8-3)14-20/h7-15,22H,3,6,27H2,1-2,4-5H3,(H,29,31)/b12-7-,16-13+,19-9+,28-15?. The van der Waals surface area contributed by atoms with Gasteiger partial charge in [-0.25, -0.2) is 10.8 Å². The van der Waals surface area contributed by atoms with Gasteiger partial charge in [-0.3, -0.25) is 9.80 Å². The Kier molecular flexibility index (Phi) is 9.95. The largest absolute Gasteiger partial charge is 0.412 e. The highest BCUT2D eigenvalue weighted by Gasteiger charge is 2.31. The van der Waals surface area contributed by atoms with Crippen LogP contribution in [0.15, 0.2) is 65.3 Å². The Hall–Kier alpha value is -3.13. The smallest absolute Gasteiger partial charge is 0.326 e. The minimum absolute atomic E-state index is 0.248. The van der Waals surface area contributed by atoms with Gasteiger partial charge < -0.3 is 5.32 Å². The number of benzene rings is 1. The van der Waals surface area contributed by atoms with E-state index < -0.39 is 17.8 Å². The number of hydrogen-bond acceptors (Lipinski definition) is 3. The number of nitrogens with two attached hydrogens (primary N) is 1. The van der Waals surface area contributed by atoms with Gasteiger partial charge in [-0.1, -0.05) is 37.8 Å². The third-order valence-electron chi connectivity index (χ3n) is 4.24. The molecule has 31 heavy (non-hydrogen) atoms. The minimum atomic E-state index is -4.46. The van der Waals surface area contributed by atoms with Crippen molar-refractivity contribution in [2.75, 3.05) is 5.32 Å². The van der Waals surface area contributed by atoms with Gasteiger partial charge in [0.1, 0.15) is 6.34 Å². The summed E-state index contributed by atoms with van der Waals surface area (Å²) in [4.78, 5) is 15.5. The predicted molar refractivity (Wildman–Crippen MR) is 121 cm³/mol. The van der Waals surface area contributed by atoms with Crippen molar-refractivity contribution in [2.45, 2.75) is 46.3 Å². The number of nitrogens with one attached hydrogen (secondary N) is 1. The molecule has 1 atom stereocenters. The zero-order valence-electron chi connectivity index (χ0n) is 18.2. The third-order valence-corrected chi connectivity index (χ3v) is 4.24. The molecule has 0 spiro atoms. The maximum absolute atomic E-state index is 13.2. The molecule has 0 saturated heterocycles. The topological polar surface area (TPSA) is 70.7 Å². The number of hydrazine groups is 1. The first kappa shape index (κ1) is 25.9. The van der Waals surface area contributed by atoms with Gasteiger partial charge in [0.15, 0.2) is 0 Å². The highest BCUT2D eigenvalue weighted by atomic mass is 19.4. The third kappa shape index (κ3) is 7.90. The molecular formula is C23H29F3N4O. The summed E-state index contributed by atoms with van der Waals surface area (Å²) in [5.74, 6) is 5.97. The van der Waals surface area contributed by atoms with E-state index in [9.17, 15) is 18.0 Å². The fraction of sp³-hybridized carbons (Fsp3) is 0.304. The van der Waals surface area contributed by atoms with Crippen molar-refractivity contribution in [1.29, 1.82) is 0 Å². The lowest BCUT2D eigenvalue weighted by Crippen LogP contribution is -2.35. The molecule has 1 aromatic carbocycles. The number of aliphatic imine (C=N–C) groups is 1. The first-order chi connectivity index (χ1) is 14.5. The summed E-state index contributed by atoms with van der Waals surface area (Å²) < 4.78 is 39.7. The molecule has 3 N–H and O–H groups in total. The maximum atomic E-state index is 13.2. The first-order valence-corrected chi connectivity index (χ1v) is 9.72. The summed E-state index contributed by atoms with van der Waals surface area (Å²) in [7, 11) is 0. The lowest BCUT2D eigenvalue weighted by atomic mass is 9.93. The van der Waals surface area contributed by atoms with Gasteiger partial charge in [0.2, 0.25) is 5.91 Å². The molecule has 0 aromatic heterocycles. The van der Waals surface area contributed by atoms with Gasteiger partial charge in [0.25, 0.3) is 0 Å². The van der Waals surface area contributed by atoms with Crippen LogP contribution in [-0.2, 0) is 4.79 Å². The number of anilines is 1. The molecule has 8 heteroatoms. The predicted octanol–water partition coefficient (Wildman–Crippen LogP) is 5.91. The molecule has 168 valence electrons. The lowest BCUT2D eigenvalue weighted by Gasteiger charge is -2.28. The van der Waals surface area contributed by atoms with Crippen LogP contribution in [-0.4, -0.2) is 23.4 Å². The number of carbonyl (C=O) groups is 1. The van der Waals surface area contributed by atoms with Crippen molar-refractivity contribution in [3.05, 3.63) is 71.5 Å². The summed E-state index contributed by atoms with van der Waals surface area (Å²) in [6.07, 6.45) is 4.95. The number of alkyl halides is 3. The first-order valence-electron chi connectivity index (χ1n) is 9.72. The fourth-order valence-corrected chi connectivity index (χ4v) is 2.85. The Morgan fingerprint density at radius 2 is 2.03 bits per heavy atom. The molecule has 0 radical (unpaired) electrons. The van der Waals surface area contributed by atoms with Gasteiger partial charge in [-0.15, -0.1) is 0 Å². The molecule has 0 aliphatic heterocycles. The van der Waals surface area contributed by atoms with Crippen LogP contribution < -0.4 is 11.2 Å². The van der Waals surface area contributed by atoms with Crippen molar-refractivity contribution in [3.8, 4) is 0 Å². The number of hydrogen-bond donors (Lipinski definition) is 2. The van der Waals surface area contributed by atoms with Crippen molar-refractivity contribution in [3.63, 3.8) is 0 Å².